The summed E-state index contributed by atoms with van der Waals surface area (Å²) in [5, 5.41) is 28.6. The molecule has 12 heteroatoms. The zero-order chi connectivity index (χ0) is 30.9. The van der Waals surface area contributed by atoms with Crippen LogP contribution < -0.4 is 4.90 Å². The van der Waals surface area contributed by atoms with Gasteiger partial charge in [-0.2, -0.15) is 10.2 Å². The van der Waals surface area contributed by atoms with Gasteiger partial charge in [0.2, 0.25) is 5.91 Å². The van der Waals surface area contributed by atoms with E-state index in [1.165, 1.54) is 11.8 Å². The van der Waals surface area contributed by atoms with Crippen LogP contribution in [0.25, 0.3) is 33.3 Å². The number of carbonyl (C=O) groups excluding carboxylic acids is 1. The van der Waals surface area contributed by atoms with Gasteiger partial charge >= 0.3 is 5.97 Å². The highest BCUT2D eigenvalue weighted by atomic mass is 16.4. The second-order valence-corrected chi connectivity index (χ2v) is 12.8. The number of rotatable bonds is 6. The molecule has 1 amide bonds. The van der Waals surface area contributed by atoms with Crippen LogP contribution in [0.4, 0.5) is 5.82 Å². The molecule has 3 aliphatic rings. The van der Waals surface area contributed by atoms with E-state index in [1.807, 2.05) is 33.7 Å². The molecule has 1 N–H and O–H groups in total. The molecule has 1 aromatic carbocycles. The summed E-state index contributed by atoms with van der Waals surface area (Å²) in [6.07, 6.45) is 8.98. The summed E-state index contributed by atoms with van der Waals surface area (Å²) in [6, 6.07) is 11.6. The monoisotopic (exact) mass is 603 g/mol. The van der Waals surface area contributed by atoms with E-state index in [1.54, 1.807) is 13.0 Å². The van der Waals surface area contributed by atoms with E-state index in [9.17, 15) is 9.59 Å². The van der Waals surface area contributed by atoms with E-state index >= 15 is 0 Å². The molecule has 8 rings (SSSR count). The molecule has 1 aliphatic carbocycles. The van der Waals surface area contributed by atoms with E-state index in [0.717, 1.165) is 90.1 Å². The van der Waals surface area contributed by atoms with E-state index in [-0.39, 0.29) is 11.6 Å². The van der Waals surface area contributed by atoms with Gasteiger partial charge in [-0.1, -0.05) is 18.2 Å². The number of aryl methyl sites for hydroxylation is 1. The number of hydrogen-bond acceptors (Lipinski definition) is 8. The van der Waals surface area contributed by atoms with E-state index < -0.39 is 5.97 Å². The molecule has 1 saturated heterocycles. The SMILES string of the molecule is CC(=O)N1CCc2c(c(-c3cccc4cc(-c5cnn(CC6CC7(C6)CN(c6ccc(C(=O)O)nn6)C7)c5)ncc34)nn2C)C1. The Labute approximate surface area is 259 Å². The van der Waals surface area contributed by atoms with Gasteiger partial charge in [0.05, 0.1) is 17.6 Å². The fourth-order valence-corrected chi connectivity index (χ4v) is 7.56. The van der Waals surface area contributed by atoms with Crippen molar-refractivity contribution in [3.05, 3.63) is 71.9 Å². The number of anilines is 1. The van der Waals surface area contributed by atoms with Crippen LogP contribution in [-0.2, 0) is 31.4 Å². The molecule has 1 spiro atoms. The number of carboxylic acids is 1. The second-order valence-electron chi connectivity index (χ2n) is 12.8. The number of carboxylic acid groups (broad SMARTS) is 1. The van der Waals surface area contributed by atoms with Crippen LogP contribution in [0.3, 0.4) is 0 Å². The minimum absolute atomic E-state index is 0.0362. The fraction of sp³-hybridized carbons (Fsp3) is 0.364. The lowest BCUT2D eigenvalue weighted by atomic mass is 9.57. The van der Waals surface area contributed by atoms with Crippen molar-refractivity contribution in [3.8, 4) is 22.5 Å². The van der Waals surface area contributed by atoms with E-state index in [4.69, 9.17) is 15.2 Å². The lowest BCUT2D eigenvalue weighted by Gasteiger charge is -2.59. The third-order valence-electron chi connectivity index (χ3n) is 9.77. The first-order valence-electron chi connectivity index (χ1n) is 15.3. The molecule has 0 radical (unpaired) electrons. The lowest BCUT2D eigenvalue weighted by molar-refractivity contribution is -0.129. The van der Waals surface area contributed by atoms with Crippen molar-refractivity contribution < 1.29 is 14.7 Å². The van der Waals surface area contributed by atoms with Gasteiger partial charge in [0, 0.05) is 98.7 Å². The highest BCUT2D eigenvalue weighted by Crippen LogP contribution is 2.53. The van der Waals surface area contributed by atoms with Crippen molar-refractivity contribution in [2.45, 2.75) is 39.3 Å². The summed E-state index contributed by atoms with van der Waals surface area (Å²) in [7, 11) is 1.98. The Kier molecular flexibility index (Phi) is 6.23. The number of pyridine rings is 1. The zero-order valence-electron chi connectivity index (χ0n) is 25.2. The van der Waals surface area contributed by atoms with E-state index in [0.29, 0.717) is 17.9 Å². The zero-order valence-corrected chi connectivity index (χ0v) is 25.2. The van der Waals surface area contributed by atoms with Gasteiger partial charge in [-0.05, 0) is 42.3 Å². The molecule has 4 aromatic heterocycles. The summed E-state index contributed by atoms with van der Waals surface area (Å²) in [5.74, 6) is 0.325. The van der Waals surface area contributed by atoms with Crippen LogP contribution in [0.5, 0.6) is 0 Å². The predicted octanol–water partition coefficient (Wildman–Crippen LogP) is 3.81. The van der Waals surface area contributed by atoms with Crippen LogP contribution in [0.15, 0.2) is 55.0 Å². The van der Waals surface area contributed by atoms with Gasteiger partial charge in [0.15, 0.2) is 11.5 Å². The molecule has 5 aromatic rings. The minimum atomic E-state index is -1.06. The number of carbonyl (C=O) groups is 2. The van der Waals surface area contributed by atoms with Crippen LogP contribution in [0.2, 0.25) is 0 Å². The van der Waals surface area contributed by atoms with Gasteiger partial charge in [0.1, 0.15) is 0 Å². The van der Waals surface area contributed by atoms with Gasteiger partial charge in [-0.3, -0.25) is 19.1 Å². The van der Waals surface area contributed by atoms with Crippen molar-refractivity contribution in [2.24, 2.45) is 18.4 Å². The van der Waals surface area contributed by atoms with Gasteiger partial charge in [0.25, 0.3) is 0 Å². The summed E-state index contributed by atoms with van der Waals surface area (Å²) in [5.41, 5.74) is 6.39. The normalized spacial score (nSPS) is 17.3. The molecule has 228 valence electrons. The fourth-order valence-electron chi connectivity index (χ4n) is 7.56. The molecular formula is C33H33N9O3. The quantitative estimate of drug-likeness (QED) is 0.307. The summed E-state index contributed by atoms with van der Waals surface area (Å²) in [6.45, 7) is 5.64. The van der Waals surface area contributed by atoms with Crippen molar-refractivity contribution in [2.75, 3.05) is 24.5 Å². The van der Waals surface area contributed by atoms with Gasteiger partial charge < -0.3 is 14.9 Å². The number of benzene rings is 1. The van der Waals surface area contributed by atoms with Crippen LogP contribution in [0, 0.1) is 11.3 Å². The first kappa shape index (κ1) is 27.4. The molecule has 45 heavy (non-hydrogen) atoms. The van der Waals surface area contributed by atoms with Crippen LogP contribution in [0.1, 0.15) is 41.5 Å². The molecule has 2 fully saturated rings. The molecule has 2 aliphatic heterocycles. The van der Waals surface area contributed by atoms with Crippen LogP contribution >= 0.6 is 0 Å². The standard InChI is InChI=1S/C33H33N9O3/c1-20(43)40-9-8-29-26(17-40)31(38-39(29)2)24-5-3-4-22-10-28(34-14-25(22)24)23-13-35-42(16-23)15-21-11-33(12-21)18-41(19-33)30-7-6-27(32(44)45)36-37-30/h3-7,10,13-14,16,21H,8-9,11-12,15,17-19H2,1-2H3,(H,44,45). The number of fused-ring (bicyclic) bond motifs is 2. The van der Waals surface area contributed by atoms with Gasteiger partial charge in [-0.15, -0.1) is 10.2 Å². The molecular weight excluding hydrogens is 570 g/mol. The van der Waals surface area contributed by atoms with Gasteiger partial charge in [-0.25, -0.2) is 4.79 Å². The maximum atomic E-state index is 12.1. The number of amides is 1. The first-order valence-corrected chi connectivity index (χ1v) is 15.3. The topological polar surface area (TPSA) is 135 Å². The number of aromatic carboxylic acids is 1. The Hall–Kier alpha value is -5.13. The maximum absolute atomic E-state index is 12.1. The highest BCUT2D eigenvalue weighted by Gasteiger charge is 2.52. The number of hydrogen-bond donors (Lipinski definition) is 1. The highest BCUT2D eigenvalue weighted by molar-refractivity contribution is 5.97. The summed E-state index contributed by atoms with van der Waals surface area (Å²) in [4.78, 5) is 32.1. The molecule has 1 saturated carbocycles. The Bertz CT molecular complexity index is 1970. The molecule has 6 heterocycles. The Morgan fingerprint density at radius 3 is 2.69 bits per heavy atom. The molecule has 0 bridgehead atoms. The van der Waals surface area contributed by atoms with Crippen molar-refractivity contribution in [3.63, 3.8) is 0 Å². The average molecular weight is 604 g/mol. The first-order chi connectivity index (χ1) is 21.7. The van der Waals surface area contributed by atoms with Crippen molar-refractivity contribution in [1.82, 2.24) is 39.6 Å². The minimum Gasteiger partial charge on any atom is -0.476 e. The molecule has 0 unspecified atom stereocenters. The van der Waals surface area contributed by atoms with Crippen LogP contribution in [-0.4, -0.2) is 76.3 Å². The second kappa shape index (κ2) is 10.2. The smallest absolute Gasteiger partial charge is 0.356 e. The number of aromatic nitrogens is 7. The largest absolute Gasteiger partial charge is 0.476 e. The lowest BCUT2D eigenvalue weighted by Crippen LogP contribution is -2.63. The van der Waals surface area contributed by atoms with E-state index in [2.05, 4.69) is 50.7 Å². The third kappa shape index (κ3) is 4.71. The number of nitrogens with zero attached hydrogens (tertiary/aromatic N) is 9. The predicted molar refractivity (Wildman–Crippen MR) is 166 cm³/mol. The van der Waals surface area contributed by atoms with Crippen molar-refractivity contribution in [1.29, 1.82) is 0 Å². The summed E-state index contributed by atoms with van der Waals surface area (Å²) < 4.78 is 3.99. The molecule has 12 nitrogen and oxygen atoms in total. The molecule has 0 atom stereocenters. The Morgan fingerprint density at radius 1 is 1.09 bits per heavy atom. The summed E-state index contributed by atoms with van der Waals surface area (Å²) >= 11 is 0. The Balaban J connectivity index is 0.943. The van der Waals surface area contributed by atoms with Crippen molar-refractivity contribution >= 4 is 28.5 Å². The Morgan fingerprint density at radius 2 is 1.93 bits per heavy atom. The maximum Gasteiger partial charge on any atom is 0.356 e. The third-order valence-corrected chi connectivity index (χ3v) is 9.77. The average Bonchev–Trinajstić information content (AvgIpc) is 3.61.